The number of ether oxygens (including phenoxy) is 1. The molecule has 0 bridgehead atoms. The van der Waals surface area contributed by atoms with Crippen LogP contribution in [0.5, 0.6) is 11.6 Å². The summed E-state index contributed by atoms with van der Waals surface area (Å²) >= 11 is 3.55. The highest BCUT2D eigenvalue weighted by atomic mass is 79.9. The van der Waals surface area contributed by atoms with Gasteiger partial charge < -0.3 is 10.1 Å². The van der Waals surface area contributed by atoms with E-state index < -0.39 is 0 Å². The lowest BCUT2D eigenvalue weighted by Gasteiger charge is -2.09. The molecule has 2 rings (SSSR count). The molecule has 1 aromatic heterocycles. The van der Waals surface area contributed by atoms with Gasteiger partial charge in [0.05, 0.1) is 0 Å². The van der Waals surface area contributed by atoms with Crippen LogP contribution in [0.3, 0.4) is 0 Å². The van der Waals surface area contributed by atoms with Crippen molar-refractivity contribution in [3.63, 3.8) is 0 Å². The van der Waals surface area contributed by atoms with Gasteiger partial charge in [-0.15, -0.1) is 0 Å². The smallest absolute Gasteiger partial charge is 0.219 e. The van der Waals surface area contributed by atoms with Crippen LogP contribution in [-0.2, 0) is 6.54 Å². The van der Waals surface area contributed by atoms with Crippen molar-refractivity contribution in [1.82, 2.24) is 10.3 Å². The SMILES string of the molecule is CNCc1ccc(Oc2cc(C)c(Br)c(C)c2)nc1. The van der Waals surface area contributed by atoms with Crippen LogP contribution in [-0.4, -0.2) is 12.0 Å². The predicted molar refractivity (Wildman–Crippen MR) is 80.7 cm³/mol. The average molecular weight is 321 g/mol. The van der Waals surface area contributed by atoms with Gasteiger partial charge in [0.15, 0.2) is 0 Å². The Morgan fingerprint density at radius 3 is 2.42 bits per heavy atom. The van der Waals surface area contributed by atoms with Gasteiger partial charge >= 0.3 is 0 Å². The Hall–Kier alpha value is -1.39. The van der Waals surface area contributed by atoms with Crippen molar-refractivity contribution >= 4 is 15.9 Å². The van der Waals surface area contributed by atoms with Crippen LogP contribution < -0.4 is 10.1 Å². The van der Waals surface area contributed by atoms with E-state index in [9.17, 15) is 0 Å². The number of halogens is 1. The van der Waals surface area contributed by atoms with Crippen molar-refractivity contribution in [2.75, 3.05) is 7.05 Å². The maximum Gasteiger partial charge on any atom is 0.219 e. The Morgan fingerprint density at radius 1 is 1.21 bits per heavy atom. The Balaban J connectivity index is 2.17. The zero-order valence-corrected chi connectivity index (χ0v) is 12.9. The van der Waals surface area contributed by atoms with Crippen LogP contribution in [0.15, 0.2) is 34.9 Å². The lowest BCUT2D eigenvalue weighted by atomic mass is 10.1. The van der Waals surface area contributed by atoms with Gasteiger partial charge in [-0.1, -0.05) is 22.0 Å². The zero-order valence-electron chi connectivity index (χ0n) is 11.3. The molecule has 0 unspecified atom stereocenters. The molecule has 3 nitrogen and oxygen atoms in total. The maximum atomic E-state index is 5.78. The second-order valence-electron chi connectivity index (χ2n) is 4.51. The van der Waals surface area contributed by atoms with E-state index in [1.807, 2.05) is 51.4 Å². The van der Waals surface area contributed by atoms with Gasteiger partial charge in [0, 0.05) is 23.3 Å². The summed E-state index contributed by atoms with van der Waals surface area (Å²) in [6.45, 7) is 4.91. The first-order valence-corrected chi connectivity index (χ1v) is 6.93. The quantitative estimate of drug-likeness (QED) is 0.925. The Labute approximate surface area is 122 Å². The molecular weight excluding hydrogens is 304 g/mol. The van der Waals surface area contributed by atoms with Gasteiger partial charge in [0.1, 0.15) is 5.75 Å². The Kier molecular flexibility index (Phi) is 4.56. The molecule has 0 fully saturated rings. The van der Waals surface area contributed by atoms with Crippen LogP contribution in [0.2, 0.25) is 0 Å². The van der Waals surface area contributed by atoms with Crippen molar-refractivity contribution in [3.8, 4) is 11.6 Å². The molecule has 1 N–H and O–H groups in total. The standard InChI is InChI=1S/C15H17BrN2O/c1-10-6-13(7-11(2)15(10)16)19-14-5-4-12(8-17-3)9-18-14/h4-7,9,17H,8H2,1-3H3. The number of aryl methyl sites for hydroxylation is 2. The molecule has 19 heavy (non-hydrogen) atoms. The van der Waals surface area contributed by atoms with Crippen LogP contribution in [0.25, 0.3) is 0 Å². The monoisotopic (exact) mass is 320 g/mol. The largest absolute Gasteiger partial charge is 0.439 e. The second kappa shape index (κ2) is 6.17. The molecule has 100 valence electrons. The van der Waals surface area contributed by atoms with Gasteiger partial charge in [-0.3, -0.25) is 0 Å². The van der Waals surface area contributed by atoms with Gasteiger partial charge in [0.25, 0.3) is 0 Å². The first kappa shape index (κ1) is 14.0. The van der Waals surface area contributed by atoms with Crippen LogP contribution >= 0.6 is 15.9 Å². The van der Waals surface area contributed by atoms with E-state index in [1.165, 1.54) is 0 Å². The fourth-order valence-electron chi connectivity index (χ4n) is 1.87. The summed E-state index contributed by atoms with van der Waals surface area (Å²) in [4.78, 5) is 4.30. The topological polar surface area (TPSA) is 34.1 Å². The van der Waals surface area contributed by atoms with Crippen LogP contribution in [0, 0.1) is 13.8 Å². The van der Waals surface area contributed by atoms with Crippen molar-refractivity contribution < 1.29 is 4.74 Å². The highest BCUT2D eigenvalue weighted by Crippen LogP contribution is 2.28. The van der Waals surface area contributed by atoms with E-state index in [4.69, 9.17) is 4.74 Å². The van der Waals surface area contributed by atoms with Crippen molar-refractivity contribution in [2.45, 2.75) is 20.4 Å². The van der Waals surface area contributed by atoms with E-state index in [-0.39, 0.29) is 0 Å². The number of nitrogens with one attached hydrogen (secondary N) is 1. The zero-order chi connectivity index (χ0) is 13.8. The number of rotatable bonds is 4. The number of nitrogens with zero attached hydrogens (tertiary/aromatic N) is 1. The molecule has 0 atom stereocenters. The summed E-state index contributed by atoms with van der Waals surface area (Å²) < 4.78 is 6.90. The summed E-state index contributed by atoms with van der Waals surface area (Å²) in [7, 11) is 1.91. The minimum atomic E-state index is 0.612. The molecule has 0 aliphatic heterocycles. The van der Waals surface area contributed by atoms with Crippen molar-refractivity contribution in [2.24, 2.45) is 0 Å². The molecular formula is C15H17BrN2O. The Bertz CT molecular complexity index is 544. The van der Waals surface area contributed by atoms with Gasteiger partial charge in [0.2, 0.25) is 5.88 Å². The molecule has 0 amide bonds. The average Bonchev–Trinajstić information content (AvgIpc) is 2.38. The molecule has 0 aliphatic rings. The highest BCUT2D eigenvalue weighted by molar-refractivity contribution is 9.10. The Morgan fingerprint density at radius 2 is 1.89 bits per heavy atom. The minimum Gasteiger partial charge on any atom is -0.439 e. The van der Waals surface area contributed by atoms with Crippen molar-refractivity contribution in [3.05, 3.63) is 51.6 Å². The molecule has 0 spiro atoms. The normalized spacial score (nSPS) is 10.5. The number of hydrogen-bond donors (Lipinski definition) is 1. The first-order chi connectivity index (χ1) is 9.10. The maximum absolute atomic E-state index is 5.78. The summed E-state index contributed by atoms with van der Waals surface area (Å²) in [5, 5.41) is 3.09. The van der Waals surface area contributed by atoms with Crippen LogP contribution in [0.4, 0.5) is 0 Å². The van der Waals surface area contributed by atoms with Gasteiger partial charge in [-0.05, 0) is 49.7 Å². The number of aromatic nitrogens is 1. The van der Waals surface area contributed by atoms with E-state index in [2.05, 4.69) is 26.2 Å². The van der Waals surface area contributed by atoms with E-state index in [0.29, 0.717) is 5.88 Å². The first-order valence-electron chi connectivity index (χ1n) is 6.14. The second-order valence-corrected chi connectivity index (χ2v) is 5.30. The number of pyridine rings is 1. The molecule has 1 heterocycles. The van der Waals surface area contributed by atoms with E-state index >= 15 is 0 Å². The summed E-state index contributed by atoms with van der Waals surface area (Å²) in [6, 6.07) is 7.90. The summed E-state index contributed by atoms with van der Waals surface area (Å²) in [6.07, 6.45) is 1.82. The predicted octanol–water partition coefficient (Wildman–Crippen LogP) is 3.97. The third kappa shape index (κ3) is 3.55. The molecule has 2 aromatic rings. The van der Waals surface area contributed by atoms with E-state index in [1.54, 1.807) is 0 Å². The third-order valence-corrected chi connectivity index (χ3v) is 4.06. The fraction of sp³-hybridized carbons (Fsp3) is 0.267. The number of hydrogen-bond acceptors (Lipinski definition) is 3. The van der Waals surface area contributed by atoms with Crippen molar-refractivity contribution in [1.29, 1.82) is 0 Å². The lowest BCUT2D eigenvalue weighted by Crippen LogP contribution is -2.05. The molecule has 0 radical (unpaired) electrons. The third-order valence-electron chi connectivity index (χ3n) is 2.81. The molecule has 0 saturated carbocycles. The van der Waals surface area contributed by atoms with E-state index in [0.717, 1.165) is 33.5 Å². The molecule has 0 aliphatic carbocycles. The lowest BCUT2D eigenvalue weighted by molar-refractivity contribution is 0.461. The van der Waals surface area contributed by atoms with Gasteiger partial charge in [-0.25, -0.2) is 4.98 Å². The molecule has 4 heteroatoms. The minimum absolute atomic E-state index is 0.612. The fourth-order valence-corrected chi connectivity index (χ4v) is 2.09. The van der Waals surface area contributed by atoms with Gasteiger partial charge in [-0.2, -0.15) is 0 Å². The molecule has 0 saturated heterocycles. The summed E-state index contributed by atoms with van der Waals surface area (Å²) in [5.41, 5.74) is 3.45. The summed E-state index contributed by atoms with van der Waals surface area (Å²) in [5.74, 6) is 1.42. The highest BCUT2D eigenvalue weighted by Gasteiger charge is 2.05. The number of benzene rings is 1. The van der Waals surface area contributed by atoms with Crippen LogP contribution in [0.1, 0.15) is 16.7 Å². The molecule has 1 aromatic carbocycles.